The summed E-state index contributed by atoms with van der Waals surface area (Å²) in [4.78, 5) is 51.9. The van der Waals surface area contributed by atoms with Gasteiger partial charge in [0, 0.05) is 25.9 Å². The fourth-order valence-electron chi connectivity index (χ4n) is 3.92. The van der Waals surface area contributed by atoms with Crippen LogP contribution in [0, 0.1) is 5.92 Å². The van der Waals surface area contributed by atoms with Gasteiger partial charge >= 0.3 is 6.03 Å². The molecule has 0 radical (unpaired) electrons. The van der Waals surface area contributed by atoms with Gasteiger partial charge in [0.05, 0.1) is 4.75 Å². The van der Waals surface area contributed by atoms with Gasteiger partial charge in [0.2, 0.25) is 15.9 Å². The van der Waals surface area contributed by atoms with Gasteiger partial charge in [0.15, 0.2) is 0 Å². The minimum atomic E-state index is -3.87. The number of allylic oxidation sites excluding steroid dienone is 1. The van der Waals surface area contributed by atoms with Crippen LogP contribution in [0.25, 0.3) is 0 Å². The van der Waals surface area contributed by atoms with Gasteiger partial charge in [-0.1, -0.05) is 12.2 Å². The molecule has 10 nitrogen and oxygen atoms in total. The van der Waals surface area contributed by atoms with E-state index in [-0.39, 0.29) is 31.0 Å². The molecule has 3 aliphatic rings. The van der Waals surface area contributed by atoms with Crippen molar-refractivity contribution in [2.24, 2.45) is 5.92 Å². The Kier molecular flexibility index (Phi) is 7.21. The second-order valence-electron chi connectivity index (χ2n) is 9.74. The molecule has 0 aromatic carbocycles. The first-order valence-electron chi connectivity index (χ1n) is 11.5. The number of sulfonamides is 1. The van der Waals surface area contributed by atoms with Crippen molar-refractivity contribution in [2.75, 3.05) is 13.6 Å². The van der Waals surface area contributed by atoms with Crippen LogP contribution in [0.3, 0.4) is 0 Å². The predicted molar refractivity (Wildman–Crippen MR) is 122 cm³/mol. The quantitative estimate of drug-likeness (QED) is 0.482. The van der Waals surface area contributed by atoms with Gasteiger partial charge < -0.3 is 20.3 Å². The lowest BCUT2D eigenvalue weighted by atomic mass is 10.1. The molecule has 0 aromatic rings. The van der Waals surface area contributed by atoms with E-state index < -0.39 is 44.2 Å². The third-order valence-corrected chi connectivity index (χ3v) is 8.98. The topological polar surface area (TPSA) is 142 Å². The molecule has 3 unspecified atom stereocenters. The maximum Gasteiger partial charge on any atom is 0.317 e. The number of nitrogens with one attached hydrogen (secondary N) is 3. The predicted octanol–water partition coefficient (Wildman–Crippen LogP) is 0.979. The van der Waals surface area contributed by atoms with E-state index in [1.54, 1.807) is 14.0 Å². The third kappa shape index (κ3) is 5.74. The molecule has 3 atom stereocenters. The molecule has 3 rings (SSSR count). The normalized spacial score (nSPS) is 29.7. The highest BCUT2D eigenvalue weighted by molar-refractivity contribution is 7.91. The first-order valence-corrected chi connectivity index (χ1v) is 12.9. The Morgan fingerprint density at radius 1 is 1.24 bits per heavy atom. The SMILES string of the molecule is CC(=O)CCC1NC(=O)N(C)CCCCC=CC2CC2(C(=O)NS(=O)(=O)C2(C)CC2)NC1=O. The zero-order chi connectivity index (χ0) is 24.4. The van der Waals surface area contributed by atoms with Crippen LogP contribution in [-0.2, 0) is 24.4 Å². The molecule has 2 aliphatic carbocycles. The molecule has 33 heavy (non-hydrogen) atoms. The number of carbonyl (C=O) groups excluding carboxylic acids is 4. The Morgan fingerprint density at radius 3 is 2.58 bits per heavy atom. The summed E-state index contributed by atoms with van der Waals surface area (Å²) in [6.45, 7) is 3.50. The lowest BCUT2D eigenvalue weighted by molar-refractivity contribution is -0.130. The molecule has 2 saturated carbocycles. The van der Waals surface area contributed by atoms with Crippen LogP contribution in [0.5, 0.6) is 0 Å². The highest BCUT2D eigenvalue weighted by Crippen LogP contribution is 2.47. The van der Waals surface area contributed by atoms with E-state index in [0.29, 0.717) is 19.4 Å². The smallest absolute Gasteiger partial charge is 0.317 e. The maximum absolute atomic E-state index is 13.2. The summed E-state index contributed by atoms with van der Waals surface area (Å²) >= 11 is 0. The fourth-order valence-corrected chi connectivity index (χ4v) is 5.23. The van der Waals surface area contributed by atoms with Crippen molar-refractivity contribution in [3.63, 3.8) is 0 Å². The van der Waals surface area contributed by atoms with Crippen LogP contribution in [0.4, 0.5) is 4.79 Å². The Hall–Kier alpha value is -2.43. The van der Waals surface area contributed by atoms with Crippen LogP contribution in [0.1, 0.15) is 65.2 Å². The molecular weight excluding hydrogens is 448 g/mol. The zero-order valence-corrected chi connectivity index (χ0v) is 20.3. The summed E-state index contributed by atoms with van der Waals surface area (Å²) in [6, 6.07) is -1.47. The number of carbonyl (C=O) groups is 4. The van der Waals surface area contributed by atoms with Crippen molar-refractivity contribution < 1.29 is 27.6 Å². The molecule has 2 fully saturated rings. The summed E-state index contributed by atoms with van der Waals surface area (Å²) in [7, 11) is -2.24. The van der Waals surface area contributed by atoms with Crippen molar-refractivity contribution >= 4 is 33.7 Å². The van der Waals surface area contributed by atoms with Gasteiger partial charge in [-0.25, -0.2) is 13.2 Å². The largest absolute Gasteiger partial charge is 0.339 e. The van der Waals surface area contributed by atoms with E-state index in [4.69, 9.17) is 0 Å². The number of rotatable bonds is 6. The van der Waals surface area contributed by atoms with Gasteiger partial charge in [-0.05, 0) is 58.8 Å². The van der Waals surface area contributed by atoms with Crippen molar-refractivity contribution in [3.05, 3.63) is 12.2 Å². The van der Waals surface area contributed by atoms with E-state index in [0.717, 1.165) is 19.3 Å². The number of amides is 4. The van der Waals surface area contributed by atoms with Crippen LogP contribution in [0.15, 0.2) is 12.2 Å². The maximum atomic E-state index is 13.2. The minimum Gasteiger partial charge on any atom is -0.339 e. The second kappa shape index (κ2) is 9.44. The molecule has 1 heterocycles. The summed E-state index contributed by atoms with van der Waals surface area (Å²) in [5.41, 5.74) is -1.40. The standard InChI is InChI=1S/C22H34N4O6S/c1-15(27)9-10-17-18(28)24-22(19(29)25-33(31,32)21(2)11-12-21)14-16(22)8-6-4-5-7-13-26(3)20(30)23-17/h6,8,16-17H,4-5,7,9-14H2,1-3H3,(H,23,30)(H,24,28)(H,25,29). The molecule has 3 N–H and O–H groups in total. The first kappa shape index (κ1) is 25.2. The third-order valence-electron chi connectivity index (χ3n) is 6.82. The van der Waals surface area contributed by atoms with Crippen molar-refractivity contribution in [3.8, 4) is 0 Å². The molecule has 11 heteroatoms. The van der Waals surface area contributed by atoms with Crippen molar-refractivity contribution in [2.45, 2.75) is 81.5 Å². The average Bonchev–Trinajstić information content (AvgIpc) is 3.64. The number of ketones is 1. The zero-order valence-electron chi connectivity index (χ0n) is 19.5. The summed E-state index contributed by atoms with van der Waals surface area (Å²) in [5, 5.41) is 5.37. The summed E-state index contributed by atoms with van der Waals surface area (Å²) in [5.74, 6) is -1.86. The van der Waals surface area contributed by atoms with Gasteiger partial charge in [-0.15, -0.1) is 0 Å². The number of hydrogen-bond acceptors (Lipinski definition) is 6. The van der Waals surface area contributed by atoms with Crippen LogP contribution >= 0.6 is 0 Å². The number of hydrogen-bond donors (Lipinski definition) is 3. The number of Topliss-reactive ketones (excluding diaryl/α,β-unsaturated/α-hetero) is 1. The molecule has 0 bridgehead atoms. The lowest BCUT2D eigenvalue weighted by Gasteiger charge is -2.26. The van der Waals surface area contributed by atoms with E-state index in [1.165, 1.54) is 11.8 Å². The highest BCUT2D eigenvalue weighted by atomic mass is 32.2. The first-order chi connectivity index (χ1) is 15.4. The Bertz CT molecular complexity index is 958. The van der Waals surface area contributed by atoms with E-state index in [2.05, 4.69) is 15.4 Å². The average molecular weight is 483 g/mol. The number of urea groups is 1. The van der Waals surface area contributed by atoms with Gasteiger partial charge in [0.1, 0.15) is 17.4 Å². The van der Waals surface area contributed by atoms with Crippen LogP contribution < -0.4 is 15.4 Å². The molecular formula is C22H34N4O6S. The van der Waals surface area contributed by atoms with Gasteiger partial charge in [-0.3, -0.25) is 14.3 Å². The van der Waals surface area contributed by atoms with Gasteiger partial charge in [-0.2, -0.15) is 0 Å². The van der Waals surface area contributed by atoms with Crippen molar-refractivity contribution in [1.29, 1.82) is 0 Å². The van der Waals surface area contributed by atoms with Gasteiger partial charge in [0.25, 0.3) is 5.91 Å². The van der Waals surface area contributed by atoms with Crippen molar-refractivity contribution in [1.82, 2.24) is 20.3 Å². The van der Waals surface area contributed by atoms with E-state index >= 15 is 0 Å². The minimum absolute atomic E-state index is 0.0787. The molecule has 4 amide bonds. The van der Waals surface area contributed by atoms with E-state index in [1.807, 2.05) is 12.2 Å². The monoisotopic (exact) mass is 482 g/mol. The van der Waals surface area contributed by atoms with E-state index in [9.17, 15) is 27.6 Å². The number of fused-ring (bicyclic) bond motifs is 1. The second-order valence-corrected chi connectivity index (χ2v) is 11.9. The molecule has 0 saturated heterocycles. The summed E-state index contributed by atoms with van der Waals surface area (Å²) < 4.78 is 26.5. The Labute approximate surface area is 195 Å². The summed E-state index contributed by atoms with van der Waals surface area (Å²) in [6.07, 6.45) is 7.52. The fraction of sp³-hybridized carbons (Fsp3) is 0.727. The Morgan fingerprint density at radius 2 is 1.94 bits per heavy atom. The molecule has 184 valence electrons. The molecule has 1 aliphatic heterocycles. The van der Waals surface area contributed by atoms with Crippen LogP contribution in [-0.4, -0.2) is 66.9 Å². The Balaban J connectivity index is 1.84. The number of nitrogens with zero attached hydrogens (tertiary/aromatic N) is 1. The molecule has 0 aromatic heterocycles. The molecule has 0 spiro atoms. The van der Waals surface area contributed by atoms with Crippen LogP contribution in [0.2, 0.25) is 0 Å². The lowest BCUT2D eigenvalue weighted by Crippen LogP contribution is -2.58. The highest BCUT2D eigenvalue weighted by Gasteiger charge is 2.62.